The van der Waals surface area contributed by atoms with Gasteiger partial charge in [0.05, 0.1) is 0 Å². The quantitative estimate of drug-likeness (QED) is 0.380. The maximum atomic E-state index is 10.6. The van der Waals surface area contributed by atoms with Crippen molar-refractivity contribution in [3.63, 3.8) is 0 Å². The van der Waals surface area contributed by atoms with Crippen molar-refractivity contribution in [2.45, 2.75) is 34.0 Å². The smallest absolute Gasteiger partial charge is 0.305 e. The average Bonchev–Trinajstić information content (AvgIpc) is 2.00. The Morgan fingerprint density at radius 3 is 1.69 bits per heavy atom. The summed E-state index contributed by atoms with van der Waals surface area (Å²) in [6, 6.07) is 0. The highest BCUT2D eigenvalue weighted by Gasteiger charge is 2.16. The molecule has 0 amide bonds. The molecule has 0 aromatic rings. The van der Waals surface area contributed by atoms with Crippen LogP contribution in [0.15, 0.2) is 11.6 Å². The normalized spacial score (nSPS) is 11.3. The van der Waals surface area contributed by atoms with E-state index in [2.05, 4.69) is 0 Å². The molecule has 0 N–H and O–H groups in total. The summed E-state index contributed by atoms with van der Waals surface area (Å²) >= 11 is 0. The van der Waals surface area contributed by atoms with Crippen LogP contribution < -0.4 is 0 Å². The maximum Gasteiger partial charge on any atom is 0.305 e. The minimum atomic E-state index is -0.889. The van der Waals surface area contributed by atoms with Crippen molar-refractivity contribution < 1.29 is 19.1 Å². The van der Waals surface area contributed by atoms with Gasteiger partial charge in [-0.2, -0.15) is 0 Å². The molecule has 74 valence electrons. The van der Waals surface area contributed by atoms with Gasteiger partial charge in [0.15, 0.2) is 0 Å². The number of allylic oxidation sites excluding steroid dienone is 1. The van der Waals surface area contributed by atoms with E-state index in [1.165, 1.54) is 13.8 Å². The van der Waals surface area contributed by atoms with Gasteiger partial charge >= 0.3 is 11.9 Å². The molecule has 0 aliphatic heterocycles. The third-order valence-electron chi connectivity index (χ3n) is 1.37. The number of hydrogen-bond acceptors (Lipinski definition) is 4. The number of hydrogen-bond donors (Lipinski definition) is 0. The van der Waals surface area contributed by atoms with Gasteiger partial charge < -0.3 is 9.47 Å². The van der Waals surface area contributed by atoms with E-state index in [-0.39, 0.29) is 0 Å². The Morgan fingerprint density at radius 1 is 1.08 bits per heavy atom. The molecule has 0 unspecified atom stereocenters. The zero-order valence-electron chi connectivity index (χ0n) is 8.29. The van der Waals surface area contributed by atoms with Crippen molar-refractivity contribution in [2.75, 3.05) is 0 Å². The zero-order valence-corrected chi connectivity index (χ0v) is 8.29. The SMILES string of the molecule is CC=C(C)C(OC(C)=O)OC(C)=O. The highest BCUT2D eigenvalue weighted by molar-refractivity contribution is 5.68. The summed E-state index contributed by atoms with van der Waals surface area (Å²) in [4.78, 5) is 21.2. The first-order chi connectivity index (χ1) is 5.97. The first-order valence-corrected chi connectivity index (χ1v) is 3.94. The third kappa shape index (κ3) is 5.00. The molecule has 4 nitrogen and oxygen atoms in total. The number of ether oxygens (including phenoxy) is 2. The van der Waals surface area contributed by atoms with E-state index in [9.17, 15) is 9.59 Å². The summed E-state index contributed by atoms with van der Waals surface area (Å²) < 4.78 is 9.53. The fraction of sp³-hybridized carbons (Fsp3) is 0.556. The zero-order chi connectivity index (χ0) is 10.4. The van der Waals surface area contributed by atoms with E-state index < -0.39 is 18.2 Å². The van der Waals surface area contributed by atoms with Gasteiger partial charge in [-0.25, -0.2) is 0 Å². The number of rotatable bonds is 3. The predicted octanol–water partition coefficient (Wildman–Crippen LogP) is 1.40. The van der Waals surface area contributed by atoms with Crippen molar-refractivity contribution in [3.8, 4) is 0 Å². The maximum absolute atomic E-state index is 10.6. The average molecular weight is 186 g/mol. The van der Waals surface area contributed by atoms with Crippen molar-refractivity contribution >= 4 is 11.9 Å². The van der Waals surface area contributed by atoms with E-state index >= 15 is 0 Å². The van der Waals surface area contributed by atoms with Crippen LogP contribution in [0.3, 0.4) is 0 Å². The second-order valence-corrected chi connectivity index (χ2v) is 2.58. The summed E-state index contributed by atoms with van der Waals surface area (Å²) in [5.41, 5.74) is 0.686. The molecule has 0 fully saturated rings. The molecule has 0 spiro atoms. The molecule has 0 aliphatic carbocycles. The summed E-state index contributed by atoms with van der Waals surface area (Å²) in [6.07, 6.45) is 0.830. The Morgan fingerprint density at radius 2 is 1.46 bits per heavy atom. The van der Waals surface area contributed by atoms with Crippen molar-refractivity contribution in [1.29, 1.82) is 0 Å². The molecule has 0 aliphatic rings. The van der Waals surface area contributed by atoms with Gasteiger partial charge in [0.25, 0.3) is 6.29 Å². The van der Waals surface area contributed by atoms with Crippen molar-refractivity contribution in [2.24, 2.45) is 0 Å². The van der Waals surface area contributed by atoms with Gasteiger partial charge in [0.1, 0.15) is 0 Å². The second-order valence-electron chi connectivity index (χ2n) is 2.58. The van der Waals surface area contributed by atoms with Gasteiger partial charge in [0, 0.05) is 19.4 Å². The van der Waals surface area contributed by atoms with E-state index in [4.69, 9.17) is 9.47 Å². The van der Waals surface area contributed by atoms with E-state index in [0.717, 1.165) is 0 Å². The molecule has 0 bridgehead atoms. The van der Waals surface area contributed by atoms with E-state index in [0.29, 0.717) is 5.57 Å². The Hall–Kier alpha value is -1.32. The first kappa shape index (κ1) is 11.7. The molecule has 0 aromatic heterocycles. The summed E-state index contributed by atoms with van der Waals surface area (Å²) in [5, 5.41) is 0. The highest BCUT2D eigenvalue weighted by Crippen LogP contribution is 2.08. The molecule has 0 rings (SSSR count). The molecule has 0 radical (unpaired) electrons. The van der Waals surface area contributed by atoms with Crippen LogP contribution in [0.5, 0.6) is 0 Å². The van der Waals surface area contributed by atoms with Crippen LogP contribution in [0, 0.1) is 0 Å². The molecule has 0 saturated carbocycles. The van der Waals surface area contributed by atoms with Gasteiger partial charge in [-0.3, -0.25) is 9.59 Å². The van der Waals surface area contributed by atoms with E-state index in [1.54, 1.807) is 19.9 Å². The van der Waals surface area contributed by atoms with Crippen LogP contribution in [-0.2, 0) is 19.1 Å². The lowest BCUT2D eigenvalue weighted by atomic mass is 10.3. The van der Waals surface area contributed by atoms with Gasteiger partial charge in [-0.15, -0.1) is 0 Å². The third-order valence-corrected chi connectivity index (χ3v) is 1.37. The number of carbonyl (C=O) groups excluding carboxylic acids is 2. The fourth-order valence-electron chi connectivity index (χ4n) is 0.648. The standard InChI is InChI=1S/C9H14O4/c1-5-6(2)9(12-7(3)10)13-8(4)11/h5,9H,1-4H3. The molecule has 0 saturated heterocycles. The topological polar surface area (TPSA) is 52.6 Å². The molecule has 0 heterocycles. The van der Waals surface area contributed by atoms with Crippen LogP contribution in [0.1, 0.15) is 27.7 Å². The number of esters is 2. The lowest BCUT2D eigenvalue weighted by Crippen LogP contribution is -2.23. The predicted molar refractivity (Wildman–Crippen MR) is 46.8 cm³/mol. The Balaban J connectivity index is 4.36. The number of carbonyl (C=O) groups is 2. The Kier molecular flexibility index (Phi) is 4.80. The van der Waals surface area contributed by atoms with Gasteiger partial charge in [-0.05, 0) is 13.8 Å². The summed E-state index contributed by atoms with van der Waals surface area (Å²) in [5.74, 6) is -0.958. The summed E-state index contributed by atoms with van der Waals surface area (Å²) in [7, 11) is 0. The largest absolute Gasteiger partial charge is 0.421 e. The Labute approximate surface area is 77.5 Å². The van der Waals surface area contributed by atoms with Crippen LogP contribution >= 0.6 is 0 Å². The highest BCUT2D eigenvalue weighted by atomic mass is 16.7. The summed E-state index contributed by atoms with van der Waals surface area (Å²) in [6.45, 7) is 6.02. The molecular formula is C9H14O4. The lowest BCUT2D eigenvalue weighted by molar-refractivity contribution is -0.177. The van der Waals surface area contributed by atoms with Crippen LogP contribution in [0.4, 0.5) is 0 Å². The minimum absolute atomic E-state index is 0.479. The van der Waals surface area contributed by atoms with E-state index in [1.807, 2.05) is 0 Å². The molecule has 0 atom stereocenters. The van der Waals surface area contributed by atoms with Gasteiger partial charge in [-0.1, -0.05) is 6.08 Å². The molecule has 0 aromatic carbocycles. The minimum Gasteiger partial charge on any atom is -0.421 e. The first-order valence-electron chi connectivity index (χ1n) is 3.94. The van der Waals surface area contributed by atoms with Crippen LogP contribution in [0.2, 0.25) is 0 Å². The molecule has 13 heavy (non-hydrogen) atoms. The fourth-order valence-corrected chi connectivity index (χ4v) is 0.648. The lowest BCUT2D eigenvalue weighted by Gasteiger charge is -2.16. The molecular weight excluding hydrogens is 172 g/mol. The van der Waals surface area contributed by atoms with Crippen LogP contribution in [-0.4, -0.2) is 18.2 Å². The second kappa shape index (κ2) is 5.35. The van der Waals surface area contributed by atoms with Crippen molar-refractivity contribution in [1.82, 2.24) is 0 Å². The van der Waals surface area contributed by atoms with Gasteiger partial charge in [0.2, 0.25) is 0 Å². The van der Waals surface area contributed by atoms with Crippen molar-refractivity contribution in [3.05, 3.63) is 11.6 Å². The molecule has 4 heteroatoms. The van der Waals surface area contributed by atoms with Crippen LogP contribution in [0.25, 0.3) is 0 Å². The monoisotopic (exact) mass is 186 g/mol. The Bertz CT molecular complexity index is 214.